The second-order valence-electron chi connectivity index (χ2n) is 27.7. The van der Waals surface area contributed by atoms with Crippen LogP contribution < -0.4 is 0 Å². The van der Waals surface area contributed by atoms with Crippen LogP contribution in [0.5, 0.6) is 0 Å². The second-order valence-corrected chi connectivity index (χ2v) is 27.7. The molecule has 1 aliphatic heterocycles. The minimum atomic E-state index is -0.799. The maximum Gasteiger partial charge on any atom is 0.309 e. The summed E-state index contributed by atoms with van der Waals surface area (Å²) in [6.07, 6.45) is 93.8. The van der Waals surface area contributed by atoms with Crippen molar-refractivity contribution in [3.63, 3.8) is 0 Å². The van der Waals surface area contributed by atoms with Crippen LogP contribution in [0.4, 0.5) is 0 Å². The van der Waals surface area contributed by atoms with Gasteiger partial charge in [-0.05, 0) is 31.6 Å². The Hall–Kier alpha value is -0.610. The molecule has 0 amide bonds. The van der Waals surface area contributed by atoms with Crippen molar-refractivity contribution in [1.82, 2.24) is 0 Å². The summed E-state index contributed by atoms with van der Waals surface area (Å²) in [7, 11) is 0. The summed E-state index contributed by atoms with van der Waals surface area (Å²) in [6.45, 7) is 7.06. The number of hydrogen-bond donors (Lipinski definition) is 2. The van der Waals surface area contributed by atoms with Gasteiger partial charge >= 0.3 is 5.97 Å². The molecule has 0 bridgehead atoms. The van der Waals surface area contributed by atoms with Crippen molar-refractivity contribution in [2.45, 2.75) is 476 Å². The molecule has 1 rings (SSSR count). The number of epoxide rings is 1. The zero-order chi connectivity index (χ0) is 58.3. The molecular formula is C77H152O4. The molecule has 2 N–H and O–H groups in total. The highest BCUT2D eigenvalue weighted by Gasteiger charge is 2.41. The quantitative estimate of drug-likeness (QED) is 0.0470. The van der Waals surface area contributed by atoms with Crippen molar-refractivity contribution < 1.29 is 19.7 Å². The highest BCUT2D eigenvalue weighted by Crippen LogP contribution is 2.36. The van der Waals surface area contributed by atoms with Crippen molar-refractivity contribution in [3.05, 3.63) is 0 Å². The highest BCUT2D eigenvalue weighted by atomic mass is 16.6. The van der Waals surface area contributed by atoms with E-state index in [4.69, 9.17) is 4.74 Å². The molecule has 4 heteroatoms. The first kappa shape index (κ1) is 78.4. The predicted octanol–water partition coefficient (Wildman–Crippen LogP) is 27.0. The van der Waals surface area contributed by atoms with Gasteiger partial charge in [0, 0.05) is 0 Å². The second kappa shape index (κ2) is 65.4. The summed E-state index contributed by atoms with van der Waals surface area (Å²) >= 11 is 0. The smallest absolute Gasteiger partial charge is 0.309 e. The fraction of sp³-hybridized carbons (Fsp3) is 0.987. The first-order chi connectivity index (χ1) is 40.0. The van der Waals surface area contributed by atoms with E-state index in [2.05, 4.69) is 20.8 Å². The predicted molar refractivity (Wildman–Crippen MR) is 360 cm³/mol. The van der Waals surface area contributed by atoms with Crippen molar-refractivity contribution in [1.29, 1.82) is 0 Å². The average molecular weight is 1140 g/mol. The summed E-state index contributed by atoms with van der Waals surface area (Å²) in [6, 6.07) is 0. The standard InChI is InChI=1S/C77H152O4/c1-4-6-8-10-12-14-16-18-20-22-23-24-31-34-37-41-45-49-53-57-61-65-69-73(77(79)80)74(78)70-66-62-58-54-50-46-42-38-35-32-29-27-25-26-28-30-33-36-39-43-47-51-55-59-63-67-71-75-76(81-75)72(3)68-64-60-56-52-48-44-40-21-19-17-15-13-11-9-7-5-2/h72-76,78H,4-71H2,1-3H3,(H,79,80). The summed E-state index contributed by atoms with van der Waals surface area (Å²) in [4.78, 5) is 12.0. The Balaban J connectivity index is 1.73. The normalized spacial score (nSPS) is 15.5. The Labute approximate surface area is 510 Å². The summed E-state index contributed by atoms with van der Waals surface area (Å²) < 4.78 is 6.14. The van der Waals surface area contributed by atoms with E-state index in [1.165, 1.54) is 398 Å². The number of aliphatic hydroxyl groups is 1. The van der Waals surface area contributed by atoms with Gasteiger partial charge < -0.3 is 14.9 Å². The zero-order valence-corrected chi connectivity index (χ0v) is 56.2. The molecule has 0 spiro atoms. The van der Waals surface area contributed by atoms with Crippen LogP contribution in [0.1, 0.15) is 457 Å². The molecule has 1 aliphatic rings. The van der Waals surface area contributed by atoms with Crippen LogP contribution >= 0.6 is 0 Å². The van der Waals surface area contributed by atoms with Gasteiger partial charge in [-0.25, -0.2) is 0 Å². The molecule has 0 aromatic rings. The fourth-order valence-electron chi connectivity index (χ4n) is 13.7. The third-order valence-corrected chi connectivity index (χ3v) is 19.6. The summed E-state index contributed by atoms with van der Waals surface area (Å²) in [5.41, 5.74) is 0. The Morgan fingerprint density at radius 2 is 0.494 bits per heavy atom. The molecule has 0 aromatic carbocycles. The van der Waals surface area contributed by atoms with Crippen molar-refractivity contribution in [3.8, 4) is 0 Å². The van der Waals surface area contributed by atoms with E-state index in [0.29, 0.717) is 25.0 Å². The van der Waals surface area contributed by atoms with Gasteiger partial charge in [0.15, 0.2) is 0 Å². The van der Waals surface area contributed by atoms with Gasteiger partial charge in [-0.15, -0.1) is 0 Å². The number of carboxylic acids is 1. The van der Waals surface area contributed by atoms with Crippen LogP contribution in [0.3, 0.4) is 0 Å². The molecule has 5 unspecified atom stereocenters. The van der Waals surface area contributed by atoms with Gasteiger partial charge in [-0.2, -0.15) is 0 Å². The molecular weight excluding hydrogens is 989 g/mol. The Kier molecular flexibility index (Phi) is 63.3. The van der Waals surface area contributed by atoms with E-state index >= 15 is 0 Å². The van der Waals surface area contributed by atoms with E-state index < -0.39 is 18.0 Å². The van der Waals surface area contributed by atoms with Crippen LogP contribution in [0.25, 0.3) is 0 Å². The van der Waals surface area contributed by atoms with Crippen molar-refractivity contribution in [2.75, 3.05) is 0 Å². The molecule has 4 nitrogen and oxygen atoms in total. The molecule has 0 aromatic heterocycles. The van der Waals surface area contributed by atoms with Crippen LogP contribution in [0.2, 0.25) is 0 Å². The molecule has 1 heterocycles. The van der Waals surface area contributed by atoms with Gasteiger partial charge in [0.2, 0.25) is 0 Å². The zero-order valence-electron chi connectivity index (χ0n) is 56.2. The fourth-order valence-corrected chi connectivity index (χ4v) is 13.7. The van der Waals surface area contributed by atoms with Crippen LogP contribution in [-0.2, 0) is 9.53 Å². The SMILES string of the molecule is CCCCCCCCCCCCCCCCCCCCCCCCC(C(=O)O)C(O)CCCCCCCCCCCCCCCCCCCCCCCCCCCCC1OC1C(C)CCCCCCCCCCCCCCCCCC. The van der Waals surface area contributed by atoms with Crippen molar-refractivity contribution >= 4 is 5.97 Å². The highest BCUT2D eigenvalue weighted by molar-refractivity contribution is 5.70. The number of carboxylic acid groups (broad SMARTS) is 1. The largest absolute Gasteiger partial charge is 0.481 e. The third kappa shape index (κ3) is 58.2. The number of aliphatic hydroxyl groups excluding tert-OH is 1. The van der Waals surface area contributed by atoms with E-state index in [-0.39, 0.29) is 0 Å². The Morgan fingerprint density at radius 1 is 0.296 bits per heavy atom. The molecule has 5 atom stereocenters. The van der Waals surface area contributed by atoms with E-state index in [0.717, 1.165) is 31.6 Å². The van der Waals surface area contributed by atoms with Crippen LogP contribution in [0, 0.1) is 11.8 Å². The summed E-state index contributed by atoms with van der Waals surface area (Å²) in [5, 5.41) is 20.5. The van der Waals surface area contributed by atoms with Crippen LogP contribution in [0.15, 0.2) is 0 Å². The molecule has 1 saturated heterocycles. The van der Waals surface area contributed by atoms with Crippen molar-refractivity contribution in [2.24, 2.45) is 11.8 Å². The first-order valence-electron chi connectivity index (χ1n) is 38.6. The molecule has 484 valence electrons. The lowest BCUT2D eigenvalue weighted by Crippen LogP contribution is -2.28. The number of aliphatic carboxylic acids is 1. The maximum absolute atomic E-state index is 12.0. The van der Waals surface area contributed by atoms with E-state index in [1.54, 1.807) is 0 Å². The Morgan fingerprint density at radius 3 is 0.728 bits per heavy atom. The Bertz CT molecular complexity index is 1190. The van der Waals surface area contributed by atoms with Gasteiger partial charge in [0.05, 0.1) is 24.2 Å². The number of carbonyl (C=O) groups is 1. The van der Waals surface area contributed by atoms with E-state index in [1.807, 2.05) is 0 Å². The molecule has 1 fully saturated rings. The summed E-state index contributed by atoms with van der Waals surface area (Å²) in [5.74, 6) is -0.614. The topological polar surface area (TPSA) is 70.1 Å². The van der Waals surface area contributed by atoms with Gasteiger partial charge in [0.1, 0.15) is 0 Å². The first-order valence-corrected chi connectivity index (χ1v) is 38.6. The third-order valence-electron chi connectivity index (χ3n) is 19.6. The minimum Gasteiger partial charge on any atom is -0.481 e. The number of hydrogen-bond acceptors (Lipinski definition) is 3. The van der Waals surface area contributed by atoms with Gasteiger partial charge in [-0.1, -0.05) is 432 Å². The van der Waals surface area contributed by atoms with Crippen LogP contribution in [-0.4, -0.2) is 34.5 Å². The molecule has 81 heavy (non-hydrogen) atoms. The number of rotatable bonds is 72. The molecule has 0 radical (unpaired) electrons. The lowest BCUT2D eigenvalue weighted by Gasteiger charge is -2.19. The number of unbranched alkanes of at least 4 members (excludes halogenated alkanes) is 61. The van der Waals surface area contributed by atoms with Gasteiger partial charge in [-0.3, -0.25) is 4.79 Å². The number of ether oxygens (including phenoxy) is 1. The minimum absolute atomic E-state index is 0.582. The van der Waals surface area contributed by atoms with Gasteiger partial charge in [0.25, 0.3) is 0 Å². The monoisotopic (exact) mass is 1140 g/mol. The molecule has 0 saturated carbocycles. The lowest BCUT2D eigenvalue weighted by molar-refractivity contribution is -0.146. The van der Waals surface area contributed by atoms with E-state index in [9.17, 15) is 15.0 Å². The average Bonchev–Trinajstić information content (AvgIpc) is 4.26. The lowest BCUT2D eigenvalue weighted by atomic mass is 9.91. The maximum atomic E-state index is 12.0. The molecule has 0 aliphatic carbocycles.